The smallest absolute Gasteiger partial charge is 0.255 e. The van der Waals surface area contributed by atoms with Gasteiger partial charge in [-0.2, -0.15) is 0 Å². The molecule has 3 aromatic rings. The van der Waals surface area contributed by atoms with Gasteiger partial charge in [-0.1, -0.05) is 12.1 Å². The summed E-state index contributed by atoms with van der Waals surface area (Å²) in [4.78, 5) is 27.9. The Bertz CT molecular complexity index is 1070. The van der Waals surface area contributed by atoms with E-state index in [9.17, 15) is 22.8 Å². The maximum absolute atomic E-state index is 13.7. The molecule has 0 atom stereocenters. The zero-order chi connectivity index (χ0) is 20.3. The second-order valence-corrected chi connectivity index (χ2v) is 5.87. The van der Waals surface area contributed by atoms with Gasteiger partial charge in [0.2, 0.25) is 0 Å². The highest BCUT2D eigenvalue weighted by Crippen LogP contribution is 2.21. The molecule has 1 heterocycles. The van der Waals surface area contributed by atoms with Crippen LogP contribution in [0.1, 0.15) is 27.6 Å². The molecule has 0 saturated heterocycles. The Morgan fingerprint density at radius 3 is 2.46 bits per heavy atom. The van der Waals surface area contributed by atoms with Crippen molar-refractivity contribution in [3.05, 3.63) is 83.3 Å². The molecule has 1 aromatic heterocycles. The number of amides is 1. The minimum Gasteiger partial charge on any atom is -0.340 e. The van der Waals surface area contributed by atoms with Gasteiger partial charge in [0.05, 0.1) is 5.69 Å². The summed E-state index contributed by atoms with van der Waals surface area (Å²) in [5, 5.41) is 5.15. The summed E-state index contributed by atoms with van der Waals surface area (Å²) in [5.41, 5.74) is 0.728. The number of carbonyl (C=O) groups excluding carboxylic acids is 2. The maximum atomic E-state index is 13.7. The Morgan fingerprint density at radius 1 is 0.929 bits per heavy atom. The van der Waals surface area contributed by atoms with E-state index in [1.54, 1.807) is 24.3 Å². The molecule has 1 amide bonds. The Kier molecular flexibility index (Phi) is 5.39. The first kappa shape index (κ1) is 19.1. The lowest BCUT2D eigenvalue weighted by atomic mass is 10.1. The van der Waals surface area contributed by atoms with Crippen molar-refractivity contribution in [3.63, 3.8) is 0 Å². The van der Waals surface area contributed by atoms with Gasteiger partial charge in [0.25, 0.3) is 5.91 Å². The Morgan fingerprint density at radius 2 is 1.71 bits per heavy atom. The van der Waals surface area contributed by atoms with Gasteiger partial charge in [0.15, 0.2) is 23.2 Å². The van der Waals surface area contributed by atoms with Crippen LogP contribution in [-0.2, 0) is 0 Å². The first-order valence-electron chi connectivity index (χ1n) is 8.14. The summed E-state index contributed by atoms with van der Waals surface area (Å²) in [7, 11) is 0. The summed E-state index contributed by atoms with van der Waals surface area (Å²) in [6.45, 7) is 1.44. The summed E-state index contributed by atoms with van der Waals surface area (Å²) in [6, 6.07) is 11.1. The Labute approximate surface area is 158 Å². The summed E-state index contributed by atoms with van der Waals surface area (Å²) >= 11 is 0. The van der Waals surface area contributed by atoms with Crippen LogP contribution in [0, 0.1) is 17.5 Å². The number of rotatable bonds is 5. The topological polar surface area (TPSA) is 71.1 Å². The number of hydrogen-bond acceptors (Lipinski definition) is 4. The van der Waals surface area contributed by atoms with E-state index in [-0.39, 0.29) is 11.3 Å². The molecule has 0 spiro atoms. The summed E-state index contributed by atoms with van der Waals surface area (Å²) in [5.74, 6) is -5.02. The van der Waals surface area contributed by atoms with Crippen molar-refractivity contribution in [2.24, 2.45) is 0 Å². The predicted octanol–water partition coefficient (Wildman–Crippen LogP) is 4.70. The van der Waals surface area contributed by atoms with Crippen LogP contribution in [0.4, 0.5) is 30.4 Å². The number of hydrogen-bond donors (Lipinski definition) is 2. The molecule has 0 aliphatic heterocycles. The highest BCUT2D eigenvalue weighted by molar-refractivity contribution is 6.04. The van der Waals surface area contributed by atoms with E-state index in [2.05, 4.69) is 15.6 Å². The van der Waals surface area contributed by atoms with Crippen molar-refractivity contribution in [2.45, 2.75) is 6.92 Å². The number of carbonyl (C=O) groups is 2. The van der Waals surface area contributed by atoms with Crippen molar-refractivity contribution < 1.29 is 22.8 Å². The van der Waals surface area contributed by atoms with Gasteiger partial charge in [-0.05, 0) is 43.3 Å². The lowest BCUT2D eigenvalue weighted by Crippen LogP contribution is -2.14. The van der Waals surface area contributed by atoms with E-state index in [4.69, 9.17) is 0 Å². The van der Waals surface area contributed by atoms with Gasteiger partial charge in [0, 0.05) is 23.0 Å². The summed E-state index contributed by atoms with van der Waals surface area (Å²) < 4.78 is 40.0. The second-order valence-electron chi connectivity index (χ2n) is 5.87. The zero-order valence-corrected chi connectivity index (χ0v) is 14.6. The average molecular weight is 385 g/mol. The molecular weight excluding hydrogens is 371 g/mol. The molecule has 3 rings (SSSR count). The number of Topliss-reactive ketones (excluding diaryl/α,β-unsaturated/α-hetero) is 1. The number of ketones is 1. The first-order valence-corrected chi connectivity index (χ1v) is 8.14. The fraction of sp³-hybridized carbons (Fsp3) is 0.0500. The van der Waals surface area contributed by atoms with Gasteiger partial charge >= 0.3 is 0 Å². The number of nitrogens with zero attached hydrogens (tertiary/aromatic N) is 1. The Balaban J connectivity index is 1.79. The van der Waals surface area contributed by atoms with Gasteiger partial charge in [0.1, 0.15) is 5.82 Å². The molecule has 0 aliphatic carbocycles. The first-order chi connectivity index (χ1) is 13.3. The Hall–Kier alpha value is -3.68. The van der Waals surface area contributed by atoms with Gasteiger partial charge in [-0.15, -0.1) is 0 Å². The molecule has 0 radical (unpaired) electrons. The minimum absolute atomic E-state index is 0.0988. The average Bonchev–Trinajstić information content (AvgIpc) is 2.69. The van der Waals surface area contributed by atoms with Crippen LogP contribution in [0.2, 0.25) is 0 Å². The summed E-state index contributed by atoms with van der Waals surface area (Å²) in [6.07, 6.45) is 1.35. The highest BCUT2D eigenvalue weighted by atomic mass is 19.2. The number of benzene rings is 2. The van der Waals surface area contributed by atoms with Crippen molar-refractivity contribution in [3.8, 4) is 0 Å². The maximum Gasteiger partial charge on any atom is 0.255 e. The molecule has 2 aromatic carbocycles. The number of anilines is 3. The third-order valence-electron chi connectivity index (χ3n) is 3.85. The molecule has 28 heavy (non-hydrogen) atoms. The number of aromatic nitrogens is 1. The van der Waals surface area contributed by atoms with Crippen LogP contribution >= 0.6 is 0 Å². The van der Waals surface area contributed by atoms with E-state index < -0.39 is 29.0 Å². The number of pyridine rings is 1. The van der Waals surface area contributed by atoms with Crippen molar-refractivity contribution in [2.75, 3.05) is 10.6 Å². The quantitative estimate of drug-likeness (QED) is 0.493. The minimum atomic E-state index is -1.67. The molecule has 5 nitrogen and oxygen atoms in total. The fourth-order valence-corrected chi connectivity index (χ4v) is 2.42. The van der Waals surface area contributed by atoms with Crippen molar-refractivity contribution in [1.29, 1.82) is 0 Å². The lowest BCUT2D eigenvalue weighted by Gasteiger charge is -2.10. The van der Waals surface area contributed by atoms with Crippen molar-refractivity contribution in [1.82, 2.24) is 4.98 Å². The van der Waals surface area contributed by atoms with Crippen LogP contribution in [-0.4, -0.2) is 16.7 Å². The second kappa shape index (κ2) is 7.91. The van der Waals surface area contributed by atoms with Gasteiger partial charge in [-0.25, -0.2) is 18.2 Å². The zero-order valence-electron chi connectivity index (χ0n) is 14.6. The fourth-order valence-electron chi connectivity index (χ4n) is 2.42. The van der Waals surface area contributed by atoms with Crippen LogP contribution in [0.3, 0.4) is 0 Å². The molecule has 142 valence electrons. The van der Waals surface area contributed by atoms with Crippen LogP contribution in [0.25, 0.3) is 0 Å². The molecule has 0 unspecified atom stereocenters. The van der Waals surface area contributed by atoms with E-state index >= 15 is 0 Å². The van der Waals surface area contributed by atoms with Crippen LogP contribution in [0.15, 0.2) is 54.7 Å². The molecule has 8 heteroatoms. The van der Waals surface area contributed by atoms with Gasteiger partial charge in [-0.3, -0.25) is 9.59 Å². The van der Waals surface area contributed by atoms with Gasteiger partial charge < -0.3 is 10.6 Å². The van der Waals surface area contributed by atoms with Crippen LogP contribution in [0.5, 0.6) is 0 Å². The largest absolute Gasteiger partial charge is 0.340 e. The molecule has 0 saturated carbocycles. The van der Waals surface area contributed by atoms with Crippen LogP contribution < -0.4 is 10.6 Å². The third kappa shape index (κ3) is 4.17. The number of nitrogens with one attached hydrogen (secondary N) is 2. The molecule has 0 bridgehead atoms. The van der Waals surface area contributed by atoms with E-state index in [0.717, 1.165) is 12.1 Å². The highest BCUT2D eigenvalue weighted by Gasteiger charge is 2.16. The lowest BCUT2D eigenvalue weighted by molar-refractivity contribution is 0.101. The molecule has 0 aliphatic rings. The normalized spacial score (nSPS) is 10.4. The molecular formula is C20H14F3N3O2. The standard InChI is InChI=1S/C20H14F3N3O2/c1-11(27)12-3-2-4-14(9-12)25-17-10-13(7-8-24-17)20(28)26-16-6-5-15(21)18(22)19(16)23/h2-10H,1H3,(H,24,25)(H,26,28). The van der Waals surface area contributed by atoms with E-state index in [1.807, 2.05) is 0 Å². The molecule has 0 fully saturated rings. The van der Waals surface area contributed by atoms with Crippen molar-refractivity contribution >= 4 is 28.9 Å². The number of halogens is 3. The monoisotopic (exact) mass is 385 g/mol. The predicted molar refractivity (Wildman–Crippen MR) is 98.2 cm³/mol. The van der Waals surface area contributed by atoms with E-state index in [0.29, 0.717) is 17.1 Å². The SMILES string of the molecule is CC(=O)c1cccc(Nc2cc(C(=O)Nc3ccc(F)c(F)c3F)ccn2)c1. The van der Waals surface area contributed by atoms with E-state index in [1.165, 1.54) is 25.3 Å². The third-order valence-corrected chi connectivity index (χ3v) is 3.85. The molecule has 2 N–H and O–H groups in total.